The Morgan fingerprint density at radius 1 is 1.31 bits per heavy atom. The molecule has 13 heavy (non-hydrogen) atoms. The molecule has 2 aliphatic carbocycles. The van der Waals surface area contributed by atoms with E-state index in [1.165, 1.54) is 19.3 Å². The summed E-state index contributed by atoms with van der Waals surface area (Å²) in [5, 5.41) is 12.7. The molecule has 0 amide bonds. The lowest BCUT2D eigenvalue weighted by atomic mass is 9.82. The summed E-state index contributed by atoms with van der Waals surface area (Å²) in [6.07, 6.45) is 6.30. The number of rotatable bonds is 5. The van der Waals surface area contributed by atoms with Crippen molar-refractivity contribution in [2.45, 2.75) is 51.2 Å². The Morgan fingerprint density at radius 2 is 2.00 bits per heavy atom. The standard InChI is InChI=1S/C11H21NO/c1-8(4-9-2-3-9)12-7-10-5-11(13)6-10/h8-13H,2-7H2,1H3. The monoisotopic (exact) mass is 183 g/mol. The topological polar surface area (TPSA) is 32.3 Å². The minimum atomic E-state index is 0.00513. The summed E-state index contributed by atoms with van der Waals surface area (Å²) in [7, 11) is 0. The van der Waals surface area contributed by atoms with Crippen LogP contribution in [0, 0.1) is 11.8 Å². The number of hydrogen-bond donors (Lipinski definition) is 2. The van der Waals surface area contributed by atoms with E-state index in [-0.39, 0.29) is 6.10 Å². The van der Waals surface area contributed by atoms with Crippen molar-refractivity contribution in [2.24, 2.45) is 11.8 Å². The van der Waals surface area contributed by atoms with Crippen molar-refractivity contribution in [3.8, 4) is 0 Å². The summed E-state index contributed by atoms with van der Waals surface area (Å²) in [6.45, 7) is 3.40. The molecule has 2 rings (SSSR count). The van der Waals surface area contributed by atoms with E-state index in [9.17, 15) is 0 Å². The van der Waals surface area contributed by atoms with Gasteiger partial charge in [-0.15, -0.1) is 0 Å². The number of aliphatic hydroxyl groups is 1. The van der Waals surface area contributed by atoms with Crippen molar-refractivity contribution in [3.05, 3.63) is 0 Å². The van der Waals surface area contributed by atoms with Gasteiger partial charge in [0.1, 0.15) is 0 Å². The molecule has 0 heterocycles. The van der Waals surface area contributed by atoms with Gasteiger partial charge in [-0.3, -0.25) is 0 Å². The minimum Gasteiger partial charge on any atom is -0.393 e. The van der Waals surface area contributed by atoms with Crippen molar-refractivity contribution in [3.63, 3.8) is 0 Å². The van der Waals surface area contributed by atoms with Crippen molar-refractivity contribution in [1.82, 2.24) is 5.32 Å². The Labute approximate surface area is 80.7 Å². The molecule has 0 aromatic carbocycles. The van der Waals surface area contributed by atoms with Gasteiger partial charge in [-0.1, -0.05) is 12.8 Å². The van der Waals surface area contributed by atoms with Gasteiger partial charge in [0.15, 0.2) is 0 Å². The van der Waals surface area contributed by atoms with Gasteiger partial charge in [0.2, 0.25) is 0 Å². The first-order valence-electron chi connectivity index (χ1n) is 5.65. The van der Waals surface area contributed by atoms with E-state index < -0.39 is 0 Å². The fourth-order valence-electron chi connectivity index (χ4n) is 2.17. The van der Waals surface area contributed by atoms with Crippen LogP contribution in [-0.2, 0) is 0 Å². The predicted octanol–water partition coefficient (Wildman–Crippen LogP) is 1.54. The van der Waals surface area contributed by atoms with Gasteiger partial charge in [0, 0.05) is 6.04 Å². The molecule has 0 spiro atoms. The van der Waals surface area contributed by atoms with Crippen molar-refractivity contribution >= 4 is 0 Å². The third-order valence-electron chi connectivity index (χ3n) is 3.35. The Kier molecular flexibility index (Phi) is 2.89. The van der Waals surface area contributed by atoms with E-state index in [2.05, 4.69) is 12.2 Å². The van der Waals surface area contributed by atoms with Crippen LogP contribution in [0.4, 0.5) is 0 Å². The molecule has 0 saturated heterocycles. The van der Waals surface area contributed by atoms with E-state index in [0.717, 1.165) is 31.2 Å². The number of nitrogens with one attached hydrogen (secondary N) is 1. The molecule has 2 saturated carbocycles. The zero-order valence-electron chi connectivity index (χ0n) is 8.50. The van der Waals surface area contributed by atoms with Crippen LogP contribution in [0.25, 0.3) is 0 Å². The maximum atomic E-state index is 9.11. The molecule has 1 atom stereocenters. The van der Waals surface area contributed by atoms with Crippen LogP contribution in [0.15, 0.2) is 0 Å². The van der Waals surface area contributed by atoms with E-state index in [1.807, 2.05) is 0 Å². The van der Waals surface area contributed by atoms with Crippen LogP contribution in [-0.4, -0.2) is 23.8 Å². The first kappa shape index (κ1) is 9.47. The van der Waals surface area contributed by atoms with Gasteiger partial charge < -0.3 is 10.4 Å². The van der Waals surface area contributed by atoms with Gasteiger partial charge >= 0.3 is 0 Å². The predicted molar refractivity (Wildman–Crippen MR) is 53.5 cm³/mol. The first-order valence-corrected chi connectivity index (χ1v) is 5.65. The highest BCUT2D eigenvalue weighted by molar-refractivity contribution is 4.83. The smallest absolute Gasteiger partial charge is 0.0546 e. The van der Waals surface area contributed by atoms with E-state index in [0.29, 0.717) is 6.04 Å². The maximum Gasteiger partial charge on any atom is 0.0546 e. The van der Waals surface area contributed by atoms with Crippen molar-refractivity contribution in [2.75, 3.05) is 6.54 Å². The van der Waals surface area contributed by atoms with Gasteiger partial charge in [-0.25, -0.2) is 0 Å². The molecule has 2 heteroatoms. The van der Waals surface area contributed by atoms with Gasteiger partial charge in [-0.2, -0.15) is 0 Å². The first-order chi connectivity index (χ1) is 6.24. The fraction of sp³-hybridized carbons (Fsp3) is 1.00. The van der Waals surface area contributed by atoms with Crippen molar-refractivity contribution < 1.29 is 5.11 Å². The highest BCUT2D eigenvalue weighted by Crippen LogP contribution is 2.33. The summed E-state index contributed by atoms with van der Waals surface area (Å²) >= 11 is 0. The second-order valence-corrected chi connectivity index (χ2v) is 4.98. The maximum absolute atomic E-state index is 9.11. The molecular formula is C11H21NO. The minimum absolute atomic E-state index is 0.00513. The molecule has 0 aromatic rings. The lowest BCUT2D eigenvalue weighted by Gasteiger charge is -2.32. The molecule has 0 aliphatic heterocycles. The van der Waals surface area contributed by atoms with Gasteiger partial charge in [-0.05, 0) is 44.6 Å². The Balaban J connectivity index is 1.51. The molecule has 0 radical (unpaired) electrons. The second-order valence-electron chi connectivity index (χ2n) is 4.98. The average Bonchev–Trinajstić information content (AvgIpc) is 2.79. The number of hydrogen-bond acceptors (Lipinski definition) is 2. The SMILES string of the molecule is CC(CC1CC1)NCC1CC(O)C1. The van der Waals surface area contributed by atoms with Crippen molar-refractivity contribution in [1.29, 1.82) is 0 Å². The molecule has 2 aliphatic rings. The quantitative estimate of drug-likeness (QED) is 0.677. The molecule has 2 fully saturated rings. The lowest BCUT2D eigenvalue weighted by molar-refractivity contribution is 0.0419. The summed E-state index contributed by atoms with van der Waals surface area (Å²) in [5.74, 6) is 1.77. The molecule has 0 bridgehead atoms. The van der Waals surface area contributed by atoms with Crippen LogP contribution in [0.3, 0.4) is 0 Å². The third-order valence-corrected chi connectivity index (χ3v) is 3.35. The highest BCUT2D eigenvalue weighted by atomic mass is 16.3. The fourth-order valence-corrected chi connectivity index (χ4v) is 2.17. The number of aliphatic hydroxyl groups excluding tert-OH is 1. The lowest BCUT2D eigenvalue weighted by Crippen LogP contribution is -2.39. The zero-order valence-corrected chi connectivity index (χ0v) is 8.50. The van der Waals surface area contributed by atoms with Crippen LogP contribution in [0.1, 0.15) is 39.0 Å². The molecule has 1 unspecified atom stereocenters. The van der Waals surface area contributed by atoms with Crippen LogP contribution < -0.4 is 5.32 Å². The average molecular weight is 183 g/mol. The highest BCUT2D eigenvalue weighted by Gasteiger charge is 2.28. The van der Waals surface area contributed by atoms with Crippen LogP contribution >= 0.6 is 0 Å². The molecule has 76 valence electrons. The molecule has 0 aromatic heterocycles. The Morgan fingerprint density at radius 3 is 2.54 bits per heavy atom. The summed E-state index contributed by atoms with van der Waals surface area (Å²) in [4.78, 5) is 0. The van der Waals surface area contributed by atoms with Gasteiger partial charge in [0.25, 0.3) is 0 Å². The normalized spacial score (nSPS) is 35.5. The molecule has 2 nitrogen and oxygen atoms in total. The molecule has 2 N–H and O–H groups in total. The van der Waals surface area contributed by atoms with Gasteiger partial charge in [0.05, 0.1) is 6.10 Å². The van der Waals surface area contributed by atoms with Crippen LogP contribution in [0.5, 0.6) is 0 Å². The van der Waals surface area contributed by atoms with E-state index >= 15 is 0 Å². The Hall–Kier alpha value is -0.0800. The van der Waals surface area contributed by atoms with Crippen LogP contribution in [0.2, 0.25) is 0 Å². The van der Waals surface area contributed by atoms with E-state index in [1.54, 1.807) is 0 Å². The largest absolute Gasteiger partial charge is 0.393 e. The second kappa shape index (κ2) is 3.97. The Bertz CT molecular complexity index is 161. The summed E-state index contributed by atoms with van der Waals surface area (Å²) in [6, 6.07) is 0.685. The summed E-state index contributed by atoms with van der Waals surface area (Å²) in [5.41, 5.74) is 0. The van der Waals surface area contributed by atoms with E-state index in [4.69, 9.17) is 5.11 Å². The zero-order chi connectivity index (χ0) is 9.26. The third kappa shape index (κ3) is 2.96. The summed E-state index contributed by atoms with van der Waals surface area (Å²) < 4.78 is 0. The molecular weight excluding hydrogens is 162 g/mol.